The van der Waals surface area contributed by atoms with E-state index < -0.39 is 0 Å². The minimum Gasteiger partial charge on any atom is -0.348 e. The van der Waals surface area contributed by atoms with Crippen molar-refractivity contribution >= 4 is 34.7 Å². The third-order valence-electron chi connectivity index (χ3n) is 5.41. The van der Waals surface area contributed by atoms with E-state index in [4.69, 9.17) is 0 Å². The number of thiophene rings is 1. The summed E-state index contributed by atoms with van der Waals surface area (Å²) in [5.41, 5.74) is 1.30. The Morgan fingerprint density at radius 1 is 1.11 bits per heavy atom. The molecule has 2 fully saturated rings. The Hall–Kier alpha value is -2.67. The van der Waals surface area contributed by atoms with E-state index in [1.807, 2.05) is 22.4 Å². The number of anilines is 1. The summed E-state index contributed by atoms with van der Waals surface area (Å²) < 4.78 is 0. The molecule has 2 aromatic rings. The molecule has 2 bridgehead atoms. The number of hydrogen-bond donors (Lipinski definition) is 2. The lowest BCUT2D eigenvalue weighted by atomic mass is 10.0. The van der Waals surface area contributed by atoms with Gasteiger partial charge in [-0.1, -0.05) is 6.07 Å². The molecule has 1 aromatic carbocycles. The van der Waals surface area contributed by atoms with Crippen LogP contribution in [-0.4, -0.2) is 41.2 Å². The van der Waals surface area contributed by atoms with Crippen LogP contribution in [0.1, 0.15) is 39.8 Å². The second-order valence-electron chi connectivity index (χ2n) is 7.16. The van der Waals surface area contributed by atoms with Crippen molar-refractivity contribution in [3.8, 4) is 0 Å². The van der Waals surface area contributed by atoms with E-state index >= 15 is 0 Å². The lowest BCUT2D eigenvalue weighted by Crippen LogP contribution is -2.48. The maximum absolute atomic E-state index is 12.6. The highest BCUT2D eigenvalue weighted by Gasteiger charge is 2.47. The number of rotatable bonds is 4. The molecule has 7 heteroatoms. The molecule has 1 aliphatic heterocycles. The summed E-state index contributed by atoms with van der Waals surface area (Å²) in [5, 5.41) is 7.92. The van der Waals surface area contributed by atoms with Crippen LogP contribution in [0.2, 0.25) is 0 Å². The van der Waals surface area contributed by atoms with Gasteiger partial charge in [0.05, 0.1) is 4.88 Å². The molecule has 6 nitrogen and oxygen atoms in total. The number of likely N-dealkylation sites (tertiary alicyclic amines) is 1. The molecule has 3 unspecified atom stereocenters. The van der Waals surface area contributed by atoms with Gasteiger partial charge in [0.2, 0.25) is 0 Å². The zero-order chi connectivity index (χ0) is 19.0. The Morgan fingerprint density at radius 2 is 1.89 bits per heavy atom. The molecule has 2 heterocycles. The topological polar surface area (TPSA) is 78.5 Å². The monoisotopic (exact) mass is 383 g/mol. The minimum atomic E-state index is -0.124. The minimum absolute atomic E-state index is 0.000339. The molecule has 2 aliphatic rings. The third kappa shape index (κ3) is 3.60. The molecule has 4 rings (SSSR count). The van der Waals surface area contributed by atoms with Crippen LogP contribution in [0.3, 0.4) is 0 Å². The van der Waals surface area contributed by atoms with Crippen molar-refractivity contribution in [1.82, 2.24) is 10.2 Å². The first-order valence-electron chi connectivity index (χ1n) is 9.04. The maximum Gasteiger partial charge on any atom is 0.322 e. The van der Waals surface area contributed by atoms with Gasteiger partial charge in [-0.05, 0) is 61.4 Å². The van der Waals surface area contributed by atoms with E-state index in [0.29, 0.717) is 23.7 Å². The number of benzene rings is 1. The summed E-state index contributed by atoms with van der Waals surface area (Å²) in [7, 11) is 0. The lowest BCUT2D eigenvalue weighted by Gasteiger charge is -2.32. The van der Waals surface area contributed by atoms with Crippen LogP contribution in [0.15, 0.2) is 41.8 Å². The average Bonchev–Trinajstić information content (AvgIpc) is 3.39. The van der Waals surface area contributed by atoms with E-state index in [9.17, 15) is 14.4 Å². The van der Waals surface area contributed by atoms with Gasteiger partial charge in [-0.2, -0.15) is 0 Å². The molecule has 0 spiro atoms. The molecular weight excluding hydrogens is 362 g/mol. The highest BCUT2D eigenvalue weighted by molar-refractivity contribution is 7.12. The molecule has 2 N–H and O–H groups in total. The molecule has 140 valence electrons. The summed E-state index contributed by atoms with van der Waals surface area (Å²) in [4.78, 5) is 38.8. The Labute approximate surface area is 161 Å². The van der Waals surface area contributed by atoms with Crippen LogP contribution < -0.4 is 10.6 Å². The largest absolute Gasteiger partial charge is 0.348 e. The molecule has 0 radical (unpaired) electrons. The van der Waals surface area contributed by atoms with E-state index in [2.05, 4.69) is 10.6 Å². The standard InChI is InChI=1S/C20H21N3O3S/c1-12(24)13-4-6-15(7-5-13)21-20(26)23-11-14-9-16(23)10-17(14)22-19(25)18-3-2-8-27-18/h2-8,14,16-17H,9-11H2,1H3,(H,21,26)(H,22,25). The molecule has 1 aromatic heterocycles. The Morgan fingerprint density at radius 3 is 2.48 bits per heavy atom. The number of amides is 3. The smallest absolute Gasteiger partial charge is 0.322 e. The second kappa shape index (κ2) is 7.15. The lowest BCUT2D eigenvalue weighted by molar-refractivity contribution is 0.0918. The third-order valence-corrected chi connectivity index (χ3v) is 6.28. The predicted octanol–water partition coefficient (Wildman–Crippen LogP) is 3.38. The van der Waals surface area contributed by atoms with Crippen LogP contribution in [0.4, 0.5) is 10.5 Å². The van der Waals surface area contributed by atoms with Gasteiger partial charge in [-0.15, -0.1) is 11.3 Å². The fourth-order valence-electron chi connectivity index (χ4n) is 4.01. The maximum atomic E-state index is 12.6. The van der Waals surface area contributed by atoms with Gasteiger partial charge in [0.25, 0.3) is 5.91 Å². The number of urea groups is 1. The molecule has 3 atom stereocenters. The SMILES string of the molecule is CC(=O)c1ccc(NC(=O)N2CC3CC2CC3NC(=O)c2cccs2)cc1. The number of carbonyl (C=O) groups is 3. The van der Waals surface area contributed by atoms with Crippen molar-refractivity contribution in [1.29, 1.82) is 0 Å². The van der Waals surface area contributed by atoms with E-state index in [1.165, 1.54) is 18.3 Å². The van der Waals surface area contributed by atoms with Gasteiger partial charge in [0, 0.05) is 29.9 Å². The molecule has 1 saturated heterocycles. The van der Waals surface area contributed by atoms with Gasteiger partial charge >= 0.3 is 6.03 Å². The first kappa shape index (κ1) is 17.7. The Balaban J connectivity index is 1.33. The number of hydrogen-bond acceptors (Lipinski definition) is 4. The first-order valence-corrected chi connectivity index (χ1v) is 9.92. The molecular formula is C20H21N3O3S. The fourth-order valence-corrected chi connectivity index (χ4v) is 4.64. The predicted molar refractivity (Wildman–Crippen MR) is 104 cm³/mol. The van der Waals surface area contributed by atoms with Crippen LogP contribution in [0.5, 0.6) is 0 Å². The van der Waals surface area contributed by atoms with Crippen molar-refractivity contribution in [2.75, 3.05) is 11.9 Å². The van der Waals surface area contributed by atoms with Crippen LogP contribution in [0.25, 0.3) is 0 Å². The molecule has 27 heavy (non-hydrogen) atoms. The number of Topliss-reactive ketones (excluding diaryl/α,β-unsaturated/α-hetero) is 1. The van der Waals surface area contributed by atoms with Gasteiger partial charge < -0.3 is 15.5 Å². The number of nitrogens with zero attached hydrogens (tertiary/aromatic N) is 1. The quantitative estimate of drug-likeness (QED) is 0.795. The van der Waals surface area contributed by atoms with Gasteiger partial charge in [-0.25, -0.2) is 4.79 Å². The summed E-state index contributed by atoms with van der Waals surface area (Å²) in [5.74, 6) is 0.272. The highest BCUT2D eigenvalue weighted by atomic mass is 32.1. The number of piperidine rings is 1. The summed E-state index contributed by atoms with van der Waals surface area (Å²) in [6.45, 7) is 2.17. The first-order chi connectivity index (χ1) is 13.0. The van der Waals surface area contributed by atoms with Crippen LogP contribution in [0, 0.1) is 5.92 Å². The van der Waals surface area contributed by atoms with Crippen molar-refractivity contribution in [3.05, 3.63) is 52.2 Å². The van der Waals surface area contributed by atoms with E-state index in [0.717, 1.165) is 17.7 Å². The van der Waals surface area contributed by atoms with Gasteiger partial charge in [0.15, 0.2) is 5.78 Å². The second-order valence-corrected chi connectivity index (χ2v) is 8.11. The number of fused-ring (bicyclic) bond motifs is 2. The van der Waals surface area contributed by atoms with Crippen molar-refractivity contribution in [3.63, 3.8) is 0 Å². The number of nitrogens with one attached hydrogen (secondary N) is 2. The highest BCUT2D eigenvalue weighted by Crippen LogP contribution is 2.38. The average molecular weight is 383 g/mol. The van der Waals surface area contributed by atoms with Crippen molar-refractivity contribution in [2.45, 2.75) is 31.8 Å². The fraction of sp³-hybridized carbons (Fsp3) is 0.350. The van der Waals surface area contributed by atoms with Crippen LogP contribution >= 0.6 is 11.3 Å². The Kier molecular flexibility index (Phi) is 4.70. The zero-order valence-electron chi connectivity index (χ0n) is 15.0. The van der Waals surface area contributed by atoms with E-state index in [1.54, 1.807) is 24.3 Å². The van der Waals surface area contributed by atoms with Crippen LogP contribution in [-0.2, 0) is 0 Å². The molecule has 3 amide bonds. The normalized spacial score (nSPS) is 23.3. The summed E-state index contributed by atoms with van der Waals surface area (Å²) in [6.07, 6.45) is 1.71. The number of ketones is 1. The zero-order valence-corrected chi connectivity index (χ0v) is 15.8. The van der Waals surface area contributed by atoms with Crippen molar-refractivity contribution in [2.24, 2.45) is 5.92 Å². The summed E-state index contributed by atoms with van der Waals surface area (Å²) in [6, 6.07) is 10.8. The number of carbonyl (C=O) groups excluding carboxylic acids is 3. The van der Waals surface area contributed by atoms with Gasteiger partial charge in [0.1, 0.15) is 0 Å². The van der Waals surface area contributed by atoms with Gasteiger partial charge in [-0.3, -0.25) is 9.59 Å². The Bertz CT molecular complexity index is 863. The summed E-state index contributed by atoms with van der Waals surface area (Å²) >= 11 is 1.44. The van der Waals surface area contributed by atoms with E-state index in [-0.39, 0.29) is 29.8 Å². The van der Waals surface area contributed by atoms with Crippen molar-refractivity contribution < 1.29 is 14.4 Å². The molecule has 1 saturated carbocycles. The molecule has 1 aliphatic carbocycles.